The Morgan fingerprint density at radius 2 is 1.83 bits per heavy atom. The van der Waals surface area contributed by atoms with E-state index < -0.39 is 5.97 Å². The summed E-state index contributed by atoms with van der Waals surface area (Å²) in [6, 6.07) is 5.38. The van der Waals surface area contributed by atoms with Gasteiger partial charge in [0.05, 0.1) is 5.56 Å². The summed E-state index contributed by atoms with van der Waals surface area (Å²) in [5.41, 5.74) is 2.62. The van der Waals surface area contributed by atoms with E-state index in [9.17, 15) is 4.79 Å². The van der Waals surface area contributed by atoms with Crippen molar-refractivity contribution >= 4 is 11.7 Å². The first-order valence-electron chi connectivity index (χ1n) is 5.77. The SMILES string of the molecule is Cc1cc(C(=O)O)ccc1N1CCCCC1.[Li+].[OH-]. The van der Waals surface area contributed by atoms with Crippen LogP contribution in [0.4, 0.5) is 5.69 Å². The number of hydrogen-bond acceptors (Lipinski definition) is 3. The molecule has 0 atom stereocenters. The van der Waals surface area contributed by atoms with Gasteiger partial charge in [0, 0.05) is 18.8 Å². The second-order valence-electron chi connectivity index (χ2n) is 4.35. The molecule has 1 aliphatic heterocycles. The maximum absolute atomic E-state index is 10.8. The van der Waals surface area contributed by atoms with E-state index in [0.717, 1.165) is 18.7 Å². The number of aryl methyl sites for hydroxylation is 1. The van der Waals surface area contributed by atoms with Crippen molar-refractivity contribution in [2.45, 2.75) is 26.2 Å². The van der Waals surface area contributed by atoms with Gasteiger partial charge in [0.2, 0.25) is 0 Å². The van der Waals surface area contributed by atoms with Crippen LogP contribution in [0.1, 0.15) is 35.2 Å². The standard InChI is InChI=1S/C13H17NO2.Li.H2O/c1-10-9-11(13(15)16)5-6-12(10)14-7-3-2-4-8-14;;/h5-6,9H,2-4,7-8H2,1H3,(H,15,16);;1H2/q;+1;/p-1. The summed E-state index contributed by atoms with van der Waals surface area (Å²) in [7, 11) is 0. The fraction of sp³-hybridized carbons (Fsp3) is 0.462. The van der Waals surface area contributed by atoms with Gasteiger partial charge >= 0.3 is 24.8 Å². The summed E-state index contributed by atoms with van der Waals surface area (Å²) in [4.78, 5) is 13.2. The van der Waals surface area contributed by atoms with E-state index in [1.165, 1.54) is 24.9 Å². The van der Waals surface area contributed by atoms with Gasteiger partial charge in [0.15, 0.2) is 0 Å². The molecule has 2 N–H and O–H groups in total. The molecule has 18 heavy (non-hydrogen) atoms. The fourth-order valence-corrected chi connectivity index (χ4v) is 2.28. The van der Waals surface area contributed by atoms with Gasteiger partial charge in [-0.3, -0.25) is 0 Å². The van der Waals surface area contributed by atoms with Crippen molar-refractivity contribution in [3.8, 4) is 0 Å². The molecule has 0 radical (unpaired) electrons. The maximum atomic E-state index is 10.8. The molecule has 0 unspecified atom stereocenters. The molecule has 0 amide bonds. The molecule has 0 aliphatic carbocycles. The second-order valence-corrected chi connectivity index (χ2v) is 4.35. The summed E-state index contributed by atoms with van der Waals surface area (Å²) in [6.07, 6.45) is 3.78. The number of carbonyl (C=O) groups is 1. The zero-order valence-corrected chi connectivity index (χ0v) is 11.0. The molecular weight excluding hydrogens is 225 g/mol. The van der Waals surface area contributed by atoms with Gasteiger partial charge in [0.25, 0.3) is 0 Å². The van der Waals surface area contributed by atoms with Crippen molar-refractivity contribution in [1.29, 1.82) is 0 Å². The Bertz CT molecular complexity index is 403. The van der Waals surface area contributed by atoms with Crippen LogP contribution in [0, 0.1) is 6.92 Å². The molecule has 0 spiro atoms. The molecule has 0 aromatic heterocycles. The third-order valence-electron chi connectivity index (χ3n) is 3.14. The number of benzene rings is 1. The maximum Gasteiger partial charge on any atom is 1.00 e. The van der Waals surface area contributed by atoms with Crippen molar-refractivity contribution in [1.82, 2.24) is 0 Å². The van der Waals surface area contributed by atoms with Gasteiger partial charge in [-0.2, -0.15) is 0 Å². The monoisotopic (exact) mass is 243 g/mol. The average molecular weight is 243 g/mol. The van der Waals surface area contributed by atoms with Crippen LogP contribution in [0.25, 0.3) is 0 Å². The Kier molecular flexibility index (Phi) is 7.08. The van der Waals surface area contributed by atoms with Gasteiger partial charge in [-0.05, 0) is 49.9 Å². The van der Waals surface area contributed by atoms with Crippen LogP contribution >= 0.6 is 0 Å². The molecule has 2 rings (SSSR count). The number of hydrogen-bond donors (Lipinski definition) is 1. The topological polar surface area (TPSA) is 70.5 Å². The fourth-order valence-electron chi connectivity index (χ4n) is 2.28. The molecular formula is C13H18LiNO3. The normalized spacial score (nSPS) is 14.4. The van der Waals surface area contributed by atoms with Crippen LogP contribution in [0.2, 0.25) is 0 Å². The van der Waals surface area contributed by atoms with E-state index in [4.69, 9.17) is 5.11 Å². The van der Waals surface area contributed by atoms with Crippen molar-refractivity contribution in [2.75, 3.05) is 18.0 Å². The van der Waals surface area contributed by atoms with Crippen LogP contribution in [0.5, 0.6) is 0 Å². The summed E-state index contributed by atoms with van der Waals surface area (Å²) in [6.45, 7) is 4.16. The van der Waals surface area contributed by atoms with E-state index in [1.54, 1.807) is 12.1 Å². The molecule has 0 saturated carbocycles. The Morgan fingerprint density at radius 3 is 2.33 bits per heavy atom. The number of carboxylic acid groups (broad SMARTS) is 1. The second kappa shape index (κ2) is 7.48. The Hall–Kier alpha value is -0.953. The molecule has 1 aliphatic rings. The van der Waals surface area contributed by atoms with E-state index in [-0.39, 0.29) is 24.3 Å². The quantitative estimate of drug-likeness (QED) is 0.712. The number of anilines is 1. The Balaban J connectivity index is 0.00000144. The first kappa shape index (κ1) is 17.0. The molecule has 1 heterocycles. The number of aromatic carboxylic acids is 1. The minimum atomic E-state index is -0.853. The van der Waals surface area contributed by atoms with Gasteiger partial charge in [0.1, 0.15) is 0 Å². The molecule has 4 nitrogen and oxygen atoms in total. The predicted octanol–water partition coefficient (Wildman–Crippen LogP) is -0.489. The third kappa shape index (κ3) is 3.77. The molecule has 5 heteroatoms. The van der Waals surface area contributed by atoms with E-state index >= 15 is 0 Å². The molecule has 1 saturated heterocycles. The molecule has 1 fully saturated rings. The molecule has 1 aromatic rings. The van der Waals surface area contributed by atoms with Gasteiger partial charge in [-0.25, -0.2) is 4.79 Å². The van der Waals surface area contributed by atoms with Crippen LogP contribution in [0.3, 0.4) is 0 Å². The smallest absolute Gasteiger partial charge is 0.870 e. The van der Waals surface area contributed by atoms with Crippen molar-refractivity contribution in [2.24, 2.45) is 0 Å². The minimum absolute atomic E-state index is 0. The van der Waals surface area contributed by atoms with E-state index in [1.807, 2.05) is 13.0 Å². The van der Waals surface area contributed by atoms with E-state index in [2.05, 4.69) is 4.90 Å². The van der Waals surface area contributed by atoms with Crippen LogP contribution in [-0.2, 0) is 0 Å². The van der Waals surface area contributed by atoms with Crippen LogP contribution in [-0.4, -0.2) is 29.6 Å². The summed E-state index contributed by atoms with van der Waals surface area (Å²) >= 11 is 0. The minimum Gasteiger partial charge on any atom is -0.870 e. The number of piperidine rings is 1. The predicted molar refractivity (Wildman–Crippen MR) is 66.1 cm³/mol. The van der Waals surface area contributed by atoms with E-state index in [0.29, 0.717) is 5.56 Å². The number of carboxylic acids is 1. The summed E-state index contributed by atoms with van der Waals surface area (Å²) < 4.78 is 0. The molecule has 1 aromatic carbocycles. The Morgan fingerprint density at radius 1 is 1.22 bits per heavy atom. The van der Waals surface area contributed by atoms with Crippen molar-refractivity contribution in [3.63, 3.8) is 0 Å². The number of nitrogens with zero attached hydrogens (tertiary/aromatic N) is 1. The first-order chi connectivity index (χ1) is 7.68. The third-order valence-corrected chi connectivity index (χ3v) is 3.14. The van der Waals surface area contributed by atoms with Crippen LogP contribution in [0.15, 0.2) is 18.2 Å². The van der Waals surface area contributed by atoms with Gasteiger partial charge in [-0.15, -0.1) is 0 Å². The zero-order chi connectivity index (χ0) is 11.5. The zero-order valence-electron chi connectivity index (χ0n) is 11.0. The van der Waals surface area contributed by atoms with Crippen molar-refractivity contribution < 1.29 is 34.2 Å². The van der Waals surface area contributed by atoms with Crippen LogP contribution < -0.4 is 23.8 Å². The van der Waals surface area contributed by atoms with Crippen molar-refractivity contribution in [3.05, 3.63) is 29.3 Å². The summed E-state index contributed by atoms with van der Waals surface area (Å²) in [5.74, 6) is -0.853. The first-order valence-corrected chi connectivity index (χ1v) is 5.77. The number of rotatable bonds is 2. The largest absolute Gasteiger partial charge is 1.00 e. The average Bonchev–Trinajstić information content (AvgIpc) is 2.30. The summed E-state index contributed by atoms with van der Waals surface area (Å²) in [5, 5.41) is 8.90. The molecule has 94 valence electrons. The molecule has 0 bridgehead atoms. The Labute approximate surface area is 119 Å². The van der Waals surface area contributed by atoms with Gasteiger partial charge < -0.3 is 15.5 Å². The van der Waals surface area contributed by atoms with Gasteiger partial charge in [-0.1, -0.05) is 0 Å².